The van der Waals surface area contributed by atoms with E-state index in [-0.39, 0.29) is 17.4 Å². The van der Waals surface area contributed by atoms with Crippen molar-refractivity contribution in [2.45, 2.75) is 38.8 Å². The van der Waals surface area contributed by atoms with Crippen molar-refractivity contribution in [2.24, 2.45) is 11.8 Å². The van der Waals surface area contributed by atoms with Crippen molar-refractivity contribution in [3.63, 3.8) is 0 Å². The number of rotatable bonds is 5. The zero-order valence-electron chi connectivity index (χ0n) is 15.8. The van der Waals surface area contributed by atoms with Gasteiger partial charge in [0.2, 0.25) is 5.91 Å². The van der Waals surface area contributed by atoms with E-state index in [1.807, 2.05) is 36.4 Å². The Morgan fingerprint density at radius 2 is 1.82 bits per heavy atom. The highest BCUT2D eigenvalue weighted by Gasteiger charge is 2.26. The summed E-state index contributed by atoms with van der Waals surface area (Å²) in [5.41, 5.74) is 1.81. The molecular weight excluding hydrogens is 352 g/mol. The zero-order valence-corrected chi connectivity index (χ0v) is 15.8. The first kappa shape index (κ1) is 18.3. The molecule has 0 unspecified atom stereocenters. The van der Waals surface area contributed by atoms with E-state index in [0.717, 1.165) is 36.8 Å². The monoisotopic (exact) mass is 376 g/mol. The van der Waals surface area contributed by atoms with Crippen LogP contribution in [0.5, 0.6) is 0 Å². The molecule has 1 aliphatic carbocycles. The molecule has 0 radical (unpaired) electrons. The van der Waals surface area contributed by atoms with Gasteiger partial charge in [-0.05, 0) is 61.4 Å². The van der Waals surface area contributed by atoms with Gasteiger partial charge in [0, 0.05) is 31.4 Å². The first-order valence-electron chi connectivity index (χ1n) is 9.81. The van der Waals surface area contributed by atoms with Crippen LogP contribution in [0.15, 0.2) is 59.9 Å². The molecule has 0 atom stereocenters. The molecule has 3 aromatic rings. The number of carbonyl (C=O) groups excluding carboxylic acids is 1. The Morgan fingerprint density at radius 3 is 2.61 bits per heavy atom. The molecule has 2 heterocycles. The second-order valence-corrected chi connectivity index (χ2v) is 7.51. The van der Waals surface area contributed by atoms with Crippen molar-refractivity contribution < 1.29 is 4.79 Å². The van der Waals surface area contributed by atoms with Gasteiger partial charge < -0.3 is 5.32 Å². The summed E-state index contributed by atoms with van der Waals surface area (Å²) in [6.45, 7) is 1.21. The Bertz CT molecular complexity index is 1010. The summed E-state index contributed by atoms with van der Waals surface area (Å²) in [6, 6.07) is 11.3. The lowest BCUT2D eigenvalue weighted by atomic mass is 9.81. The molecular formula is C22H24N4O2. The molecule has 2 aromatic heterocycles. The number of amides is 1. The fourth-order valence-electron chi connectivity index (χ4n) is 3.96. The minimum Gasteiger partial charge on any atom is -0.352 e. The number of nitrogens with one attached hydrogen (secondary N) is 1. The quantitative estimate of drug-likeness (QED) is 0.743. The first-order chi connectivity index (χ1) is 13.7. The Balaban J connectivity index is 1.31. The molecule has 0 spiro atoms. The SMILES string of the molecule is O=C(NCc1ccncc1)C1CCC(Cn2cnc3ccccc3c2=O)CC1. The number of carbonyl (C=O) groups is 1. The summed E-state index contributed by atoms with van der Waals surface area (Å²) in [5.74, 6) is 0.592. The lowest BCUT2D eigenvalue weighted by molar-refractivity contribution is -0.126. The van der Waals surface area contributed by atoms with E-state index in [4.69, 9.17) is 0 Å². The van der Waals surface area contributed by atoms with Crippen LogP contribution in [-0.2, 0) is 17.9 Å². The summed E-state index contributed by atoms with van der Waals surface area (Å²) in [6.07, 6.45) is 8.75. The molecule has 1 aliphatic rings. The summed E-state index contributed by atoms with van der Waals surface area (Å²) < 4.78 is 1.72. The third-order valence-electron chi connectivity index (χ3n) is 5.62. The maximum Gasteiger partial charge on any atom is 0.261 e. The van der Waals surface area contributed by atoms with Crippen LogP contribution in [0.2, 0.25) is 0 Å². The average molecular weight is 376 g/mol. The highest BCUT2D eigenvalue weighted by atomic mass is 16.2. The molecule has 1 aromatic carbocycles. The Hall–Kier alpha value is -3.02. The number of hydrogen-bond donors (Lipinski definition) is 1. The van der Waals surface area contributed by atoms with E-state index >= 15 is 0 Å². The maximum atomic E-state index is 12.6. The second-order valence-electron chi connectivity index (χ2n) is 7.51. The van der Waals surface area contributed by atoms with Gasteiger partial charge in [-0.15, -0.1) is 0 Å². The van der Waals surface area contributed by atoms with Gasteiger partial charge in [0.1, 0.15) is 0 Å². The van der Waals surface area contributed by atoms with Crippen LogP contribution in [0.1, 0.15) is 31.2 Å². The number of hydrogen-bond acceptors (Lipinski definition) is 4. The second kappa shape index (κ2) is 8.33. The summed E-state index contributed by atoms with van der Waals surface area (Å²) in [7, 11) is 0. The van der Waals surface area contributed by atoms with Crippen LogP contribution in [-0.4, -0.2) is 20.4 Å². The van der Waals surface area contributed by atoms with Crippen molar-refractivity contribution in [2.75, 3.05) is 0 Å². The van der Waals surface area contributed by atoms with Gasteiger partial charge in [0.15, 0.2) is 0 Å². The molecule has 6 nitrogen and oxygen atoms in total. The number of pyridine rings is 1. The molecule has 144 valence electrons. The van der Waals surface area contributed by atoms with Crippen molar-refractivity contribution in [3.8, 4) is 0 Å². The van der Waals surface area contributed by atoms with Crippen LogP contribution >= 0.6 is 0 Å². The van der Waals surface area contributed by atoms with E-state index in [9.17, 15) is 9.59 Å². The van der Waals surface area contributed by atoms with Crippen LogP contribution in [0.3, 0.4) is 0 Å². The molecule has 1 amide bonds. The van der Waals surface area contributed by atoms with Gasteiger partial charge in [-0.3, -0.25) is 19.1 Å². The molecule has 6 heteroatoms. The number of para-hydroxylation sites is 1. The number of nitrogens with zero attached hydrogens (tertiary/aromatic N) is 3. The predicted octanol–water partition coefficient (Wildman–Crippen LogP) is 2.91. The number of fused-ring (bicyclic) bond motifs is 1. The van der Waals surface area contributed by atoms with Crippen LogP contribution in [0, 0.1) is 11.8 Å². The third-order valence-corrected chi connectivity index (χ3v) is 5.62. The van der Waals surface area contributed by atoms with Crippen molar-refractivity contribution >= 4 is 16.8 Å². The molecule has 4 rings (SSSR count). The molecule has 1 saturated carbocycles. The number of benzene rings is 1. The zero-order chi connectivity index (χ0) is 19.3. The minimum atomic E-state index is 0.0165. The van der Waals surface area contributed by atoms with E-state index in [1.165, 1.54) is 0 Å². The maximum absolute atomic E-state index is 12.6. The molecule has 28 heavy (non-hydrogen) atoms. The largest absolute Gasteiger partial charge is 0.352 e. The smallest absolute Gasteiger partial charge is 0.261 e. The highest BCUT2D eigenvalue weighted by Crippen LogP contribution is 2.30. The third kappa shape index (κ3) is 4.11. The fraction of sp³-hybridized carbons (Fsp3) is 0.364. The molecule has 0 bridgehead atoms. The van der Waals surface area contributed by atoms with E-state index in [0.29, 0.717) is 24.4 Å². The Morgan fingerprint density at radius 1 is 1.07 bits per heavy atom. The Labute approximate surface area is 163 Å². The molecule has 1 fully saturated rings. The molecule has 1 N–H and O–H groups in total. The predicted molar refractivity (Wildman–Crippen MR) is 108 cm³/mol. The van der Waals surface area contributed by atoms with Crippen LogP contribution in [0.4, 0.5) is 0 Å². The van der Waals surface area contributed by atoms with Crippen molar-refractivity contribution in [3.05, 3.63) is 71.0 Å². The van der Waals surface area contributed by atoms with Gasteiger partial charge in [0.25, 0.3) is 5.56 Å². The summed E-state index contributed by atoms with van der Waals surface area (Å²) in [5, 5.41) is 3.69. The van der Waals surface area contributed by atoms with Crippen molar-refractivity contribution in [1.29, 1.82) is 0 Å². The van der Waals surface area contributed by atoms with Gasteiger partial charge >= 0.3 is 0 Å². The van der Waals surface area contributed by atoms with E-state index in [1.54, 1.807) is 23.3 Å². The summed E-state index contributed by atoms with van der Waals surface area (Å²) in [4.78, 5) is 33.5. The van der Waals surface area contributed by atoms with Crippen molar-refractivity contribution in [1.82, 2.24) is 19.9 Å². The molecule has 0 saturated heterocycles. The standard InChI is InChI=1S/C22H24N4O2/c27-21(24-13-16-9-11-23-12-10-16)18-7-5-17(6-8-18)14-26-15-25-20-4-2-1-3-19(20)22(26)28/h1-4,9-12,15,17-18H,5-8,13-14H2,(H,24,27). The first-order valence-corrected chi connectivity index (χ1v) is 9.81. The number of aromatic nitrogens is 3. The fourth-order valence-corrected chi connectivity index (χ4v) is 3.96. The topological polar surface area (TPSA) is 76.9 Å². The minimum absolute atomic E-state index is 0.0165. The van der Waals surface area contributed by atoms with Gasteiger partial charge in [-0.2, -0.15) is 0 Å². The van der Waals surface area contributed by atoms with Gasteiger partial charge in [-0.1, -0.05) is 12.1 Å². The van der Waals surface area contributed by atoms with Gasteiger partial charge in [-0.25, -0.2) is 4.98 Å². The van der Waals surface area contributed by atoms with Crippen LogP contribution in [0.25, 0.3) is 10.9 Å². The average Bonchev–Trinajstić information content (AvgIpc) is 2.75. The van der Waals surface area contributed by atoms with E-state index in [2.05, 4.69) is 15.3 Å². The molecule has 0 aliphatic heterocycles. The lowest BCUT2D eigenvalue weighted by Crippen LogP contribution is -2.34. The normalized spacial score (nSPS) is 19.4. The highest BCUT2D eigenvalue weighted by molar-refractivity contribution is 5.78. The van der Waals surface area contributed by atoms with Gasteiger partial charge in [0.05, 0.1) is 17.2 Å². The lowest BCUT2D eigenvalue weighted by Gasteiger charge is -2.28. The summed E-state index contributed by atoms with van der Waals surface area (Å²) >= 11 is 0. The van der Waals surface area contributed by atoms with E-state index < -0.39 is 0 Å². The van der Waals surface area contributed by atoms with Crippen LogP contribution < -0.4 is 10.9 Å². The Kier molecular flexibility index (Phi) is 5.46.